The van der Waals surface area contributed by atoms with Crippen LogP contribution in [0.2, 0.25) is 5.02 Å². The van der Waals surface area contributed by atoms with Gasteiger partial charge >= 0.3 is 0 Å². The minimum atomic E-state index is -3.68. The molecule has 0 aliphatic rings. The van der Waals surface area contributed by atoms with Crippen LogP contribution < -0.4 is 9.46 Å². The summed E-state index contributed by atoms with van der Waals surface area (Å²) in [6.45, 7) is 3.76. The summed E-state index contributed by atoms with van der Waals surface area (Å²) in [6, 6.07) is 12.9. The molecular formula is C15H16ClNO3S. The summed E-state index contributed by atoms with van der Waals surface area (Å²) in [5.74, 6) is 0.491. The maximum atomic E-state index is 12.3. The number of sulfonamides is 1. The highest BCUT2D eigenvalue weighted by Gasteiger charge is 2.16. The third-order valence-corrected chi connectivity index (χ3v) is 4.25. The third-order valence-electron chi connectivity index (χ3n) is 2.62. The van der Waals surface area contributed by atoms with E-state index in [1.807, 2.05) is 13.8 Å². The first kappa shape index (κ1) is 15.7. The maximum absolute atomic E-state index is 12.3. The van der Waals surface area contributed by atoms with Gasteiger partial charge in [0.1, 0.15) is 5.75 Å². The number of rotatable bonds is 5. The molecule has 6 heteroatoms. The van der Waals surface area contributed by atoms with Crippen molar-refractivity contribution in [3.63, 3.8) is 0 Å². The van der Waals surface area contributed by atoms with Crippen LogP contribution in [-0.4, -0.2) is 14.5 Å². The van der Waals surface area contributed by atoms with Gasteiger partial charge in [-0.25, -0.2) is 8.42 Å². The highest BCUT2D eigenvalue weighted by atomic mass is 35.5. The Labute approximate surface area is 129 Å². The molecule has 0 bridgehead atoms. The molecule has 0 fully saturated rings. The summed E-state index contributed by atoms with van der Waals surface area (Å²) in [6.07, 6.45) is -0.0498. The fraction of sp³-hybridized carbons (Fsp3) is 0.200. The number of benzene rings is 2. The van der Waals surface area contributed by atoms with E-state index in [0.29, 0.717) is 16.5 Å². The molecule has 0 aromatic heterocycles. The van der Waals surface area contributed by atoms with E-state index in [4.69, 9.17) is 16.3 Å². The first-order chi connectivity index (χ1) is 9.88. The number of hydrogen-bond donors (Lipinski definition) is 1. The molecular weight excluding hydrogens is 310 g/mol. The van der Waals surface area contributed by atoms with Gasteiger partial charge in [0.15, 0.2) is 0 Å². The summed E-state index contributed by atoms with van der Waals surface area (Å²) in [5, 5.41) is 0.484. The van der Waals surface area contributed by atoms with Crippen LogP contribution >= 0.6 is 11.6 Å². The zero-order valence-corrected chi connectivity index (χ0v) is 13.3. The van der Waals surface area contributed by atoms with Crippen molar-refractivity contribution in [2.24, 2.45) is 0 Å². The van der Waals surface area contributed by atoms with Gasteiger partial charge < -0.3 is 4.74 Å². The summed E-state index contributed by atoms with van der Waals surface area (Å²) < 4.78 is 32.8. The van der Waals surface area contributed by atoms with Crippen LogP contribution in [0.1, 0.15) is 13.8 Å². The van der Waals surface area contributed by atoms with E-state index < -0.39 is 10.0 Å². The summed E-state index contributed by atoms with van der Waals surface area (Å²) in [4.78, 5) is 0.145. The van der Waals surface area contributed by atoms with Gasteiger partial charge in [0, 0.05) is 5.02 Å². The van der Waals surface area contributed by atoms with Gasteiger partial charge in [0.25, 0.3) is 10.0 Å². The molecule has 2 rings (SSSR count). The van der Waals surface area contributed by atoms with Crippen LogP contribution in [0, 0.1) is 0 Å². The van der Waals surface area contributed by atoms with Crippen molar-refractivity contribution in [1.29, 1.82) is 0 Å². The number of hydrogen-bond acceptors (Lipinski definition) is 3. The Hall–Kier alpha value is -1.72. The van der Waals surface area contributed by atoms with E-state index in [0.717, 1.165) is 0 Å². The lowest BCUT2D eigenvalue weighted by Gasteiger charge is -2.15. The maximum Gasteiger partial charge on any atom is 0.262 e. The number of para-hydroxylation sites is 2. The van der Waals surface area contributed by atoms with Crippen molar-refractivity contribution in [3.8, 4) is 5.75 Å². The van der Waals surface area contributed by atoms with Crippen LogP contribution in [0.25, 0.3) is 0 Å². The van der Waals surface area contributed by atoms with Crippen LogP contribution in [0.4, 0.5) is 5.69 Å². The molecule has 112 valence electrons. The Kier molecular flexibility index (Phi) is 4.75. The SMILES string of the molecule is CC(C)Oc1ccccc1NS(=O)(=O)c1ccc(Cl)cc1. The Balaban J connectivity index is 2.30. The minimum absolute atomic E-state index is 0.0498. The molecule has 0 aliphatic carbocycles. The van der Waals surface area contributed by atoms with E-state index in [-0.39, 0.29) is 11.0 Å². The quantitative estimate of drug-likeness (QED) is 0.906. The average Bonchev–Trinajstić information content (AvgIpc) is 2.40. The predicted octanol–water partition coefficient (Wildman–Crippen LogP) is 3.93. The van der Waals surface area contributed by atoms with Crippen LogP contribution in [0.3, 0.4) is 0 Å². The van der Waals surface area contributed by atoms with Crippen molar-refractivity contribution in [2.75, 3.05) is 4.72 Å². The monoisotopic (exact) mass is 325 g/mol. The zero-order valence-electron chi connectivity index (χ0n) is 11.7. The second-order valence-electron chi connectivity index (χ2n) is 4.72. The van der Waals surface area contributed by atoms with Gasteiger partial charge in [-0.2, -0.15) is 0 Å². The van der Waals surface area contributed by atoms with Crippen molar-refractivity contribution in [1.82, 2.24) is 0 Å². The van der Waals surface area contributed by atoms with Crippen LogP contribution in [-0.2, 0) is 10.0 Å². The van der Waals surface area contributed by atoms with E-state index >= 15 is 0 Å². The lowest BCUT2D eigenvalue weighted by Crippen LogP contribution is -2.15. The van der Waals surface area contributed by atoms with Gasteiger partial charge in [-0.15, -0.1) is 0 Å². The predicted molar refractivity (Wildman–Crippen MR) is 84.5 cm³/mol. The molecule has 21 heavy (non-hydrogen) atoms. The topological polar surface area (TPSA) is 55.4 Å². The summed E-state index contributed by atoms with van der Waals surface area (Å²) >= 11 is 5.77. The fourth-order valence-corrected chi connectivity index (χ4v) is 2.92. The number of anilines is 1. The van der Waals surface area contributed by atoms with Gasteiger partial charge in [-0.05, 0) is 50.2 Å². The summed E-state index contributed by atoms with van der Waals surface area (Å²) in [7, 11) is -3.68. The first-order valence-electron chi connectivity index (χ1n) is 6.42. The van der Waals surface area contributed by atoms with Gasteiger partial charge in [0.05, 0.1) is 16.7 Å². The van der Waals surface area contributed by atoms with Crippen LogP contribution in [0.15, 0.2) is 53.4 Å². The highest BCUT2D eigenvalue weighted by Crippen LogP contribution is 2.27. The smallest absolute Gasteiger partial charge is 0.262 e. The molecule has 0 radical (unpaired) electrons. The molecule has 1 N–H and O–H groups in total. The Bertz CT molecular complexity index is 712. The average molecular weight is 326 g/mol. The van der Waals surface area contributed by atoms with Gasteiger partial charge in [-0.3, -0.25) is 4.72 Å². The standard InChI is InChI=1S/C15H16ClNO3S/c1-11(2)20-15-6-4-3-5-14(15)17-21(18,19)13-9-7-12(16)8-10-13/h3-11,17H,1-2H3. The van der Waals surface area contributed by atoms with Crippen molar-refractivity contribution >= 4 is 27.3 Å². The second kappa shape index (κ2) is 6.37. The molecule has 0 saturated heterocycles. The van der Waals surface area contributed by atoms with Crippen molar-refractivity contribution in [2.45, 2.75) is 24.8 Å². The molecule has 2 aromatic carbocycles. The van der Waals surface area contributed by atoms with E-state index in [1.54, 1.807) is 24.3 Å². The first-order valence-corrected chi connectivity index (χ1v) is 8.28. The van der Waals surface area contributed by atoms with E-state index in [9.17, 15) is 8.42 Å². The molecule has 0 spiro atoms. The molecule has 0 atom stereocenters. The number of halogens is 1. The molecule has 4 nitrogen and oxygen atoms in total. The van der Waals surface area contributed by atoms with E-state index in [1.165, 1.54) is 24.3 Å². The largest absolute Gasteiger partial charge is 0.489 e. The lowest BCUT2D eigenvalue weighted by atomic mass is 10.3. The van der Waals surface area contributed by atoms with Crippen molar-refractivity contribution < 1.29 is 13.2 Å². The van der Waals surface area contributed by atoms with Gasteiger partial charge in [0.2, 0.25) is 0 Å². The Morgan fingerprint density at radius 3 is 2.29 bits per heavy atom. The zero-order chi connectivity index (χ0) is 15.5. The van der Waals surface area contributed by atoms with E-state index in [2.05, 4.69) is 4.72 Å². The third kappa shape index (κ3) is 4.12. The molecule has 0 heterocycles. The highest BCUT2D eigenvalue weighted by molar-refractivity contribution is 7.92. The summed E-state index contributed by atoms with van der Waals surface area (Å²) in [5.41, 5.74) is 0.404. The molecule has 0 unspecified atom stereocenters. The normalized spacial score (nSPS) is 11.4. The fourth-order valence-electron chi connectivity index (χ4n) is 1.73. The number of ether oxygens (including phenoxy) is 1. The van der Waals surface area contributed by atoms with Crippen molar-refractivity contribution in [3.05, 3.63) is 53.6 Å². The molecule has 0 saturated carbocycles. The van der Waals surface area contributed by atoms with Gasteiger partial charge in [-0.1, -0.05) is 23.7 Å². The number of nitrogens with one attached hydrogen (secondary N) is 1. The lowest BCUT2D eigenvalue weighted by molar-refractivity contribution is 0.244. The molecule has 0 amide bonds. The van der Waals surface area contributed by atoms with Crippen LogP contribution in [0.5, 0.6) is 5.75 Å². The molecule has 2 aromatic rings. The Morgan fingerprint density at radius 1 is 1.05 bits per heavy atom. The Morgan fingerprint density at radius 2 is 1.67 bits per heavy atom. The minimum Gasteiger partial charge on any atom is -0.489 e. The molecule has 0 aliphatic heterocycles. The second-order valence-corrected chi connectivity index (χ2v) is 6.84.